The van der Waals surface area contributed by atoms with Gasteiger partial charge < -0.3 is 5.32 Å². The van der Waals surface area contributed by atoms with Crippen molar-refractivity contribution in [3.63, 3.8) is 0 Å². The third-order valence-corrected chi connectivity index (χ3v) is 2.40. The molecular formula is C13H6F4N2. The van der Waals surface area contributed by atoms with Crippen molar-refractivity contribution in [2.75, 3.05) is 5.32 Å². The molecule has 19 heavy (non-hydrogen) atoms. The van der Waals surface area contributed by atoms with E-state index < -0.39 is 23.3 Å². The molecule has 0 spiro atoms. The fraction of sp³-hybridized carbons (Fsp3) is 0. The minimum atomic E-state index is -1.33. The first-order valence-corrected chi connectivity index (χ1v) is 5.13. The van der Waals surface area contributed by atoms with Crippen LogP contribution in [-0.2, 0) is 0 Å². The van der Waals surface area contributed by atoms with Gasteiger partial charge in [-0.2, -0.15) is 5.26 Å². The number of hydrogen-bond acceptors (Lipinski definition) is 2. The van der Waals surface area contributed by atoms with Gasteiger partial charge in [-0.1, -0.05) is 6.07 Å². The van der Waals surface area contributed by atoms with Crippen molar-refractivity contribution < 1.29 is 17.6 Å². The lowest BCUT2D eigenvalue weighted by molar-refractivity contribution is 0.496. The van der Waals surface area contributed by atoms with Crippen molar-refractivity contribution in [3.8, 4) is 6.07 Å². The summed E-state index contributed by atoms with van der Waals surface area (Å²) in [7, 11) is 0. The molecule has 2 aromatic carbocycles. The van der Waals surface area contributed by atoms with Crippen molar-refractivity contribution in [1.82, 2.24) is 0 Å². The maximum Gasteiger partial charge on any atom is 0.161 e. The number of rotatable bonds is 2. The summed E-state index contributed by atoms with van der Waals surface area (Å²) in [6.45, 7) is 0. The third kappa shape index (κ3) is 2.50. The average Bonchev–Trinajstić information content (AvgIpc) is 2.36. The van der Waals surface area contributed by atoms with Gasteiger partial charge in [0.05, 0.1) is 11.4 Å². The maximum absolute atomic E-state index is 13.4. The Morgan fingerprint density at radius 1 is 0.842 bits per heavy atom. The topological polar surface area (TPSA) is 35.8 Å². The minimum absolute atomic E-state index is 0.0348. The summed E-state index contributed by atoms with van der Waals surface area (Å²) in [5.74, 6) is -4.43. The molecule has 0 saturated carbocycles. The molecule has 2 nitrogen and oxygen atoms in total. The van der Waals surface area contributed by atoms with Crippen molar-refractivity contribution >= 4 is 11.4 Å². The van der Waals surface area contributed by atoms with Crippen LogP contribution in [0.3, 0.4) is 0 Å². The first-order chi connectivity index (χ1) is 9.02. The van der Waals surface area contributed by atoms with E-state index in [0.29, 0.717) is 12.1 Å². The van der Waals surface area contributed by atoms with Crippen LogP contribution in [-0.4, -0.2) is 0 Å². The highest BCUT2D eigenvalue weighted by atomic mass is 19.2. The van der Waals surface area contributed by atoms with Gasteiger partial charge in [-0.25, -0.2) is 17.6 Å². The van der Waals surface area contributed by atoms with Crippen LogP contribution in [0.4, 0.5) is 28.9 Å². The van der Waals surface area contributed by atoms with Gasteiger partial charge in [0, 0.05) is 12.1 Å². The van der Waals surface area contributed by atoms with Crippen LogP contribution in [0.5, 0.6) is 0 Å². The molecule has 1 N–H and O–H groups in total. The Kier molecular flexibility index (Phi) is 3.38. The smallest absolute Gasteiger partial charge is 0.161 e. The monoisotopic (exact) mass is 266 g/mol. The quantitative estimate of drug-likeness (QED) is 0.661. The lowest BCUT2D eigenvalue weighted by Crippen LogP contribution is -2.00. The standard InChI is InChI=1S/C13H6F4N2/c14-8-2-1-3-12(7(8)6-18)19-13-5-10(16)9(15)4-11(13)17/h1-5,19H. The zero-order valence-electron chi connectivity index (χ0n) is 9.35. The Bertz CT molecular complexity index is 677. The molecule has 2 rings (SSSR count). The van der Waals surface area contributed by atoms with Gasteiger partial charge in [-0.3, -0.25) is 0 Å². The first-order valence-electron chi connectivity index (χ1n) is 5.13. The van der Waals surface area contributed by atoms with Gasteiger partial charge >= 0.3 is 0 Å². The zero-order valence-corrected chi connectivity index (χ0v) is 9.35. The van der Waals surface area contributed by atoms with E-state index in [1.165, 1.54) is 12.1 Å². The van der Waals surface area contributed by atoms with Crippen molar-refractivity contribution in [2.24, 2.45) is 0 Å². The van der Waals surface area contributed by atoms with E-state index in [1.807, 2.05) is 0 Å². The molecule has 96 valence electrons. The molecule has 0 heterocycles. The number of halogens is 4. The number of benzene rings is 2. The predicted molar refractivity (Wildman–Crippen MR) is 60.7 cm³/mol. The van der Waals surface area contributed by atoms with Crippen LogP contribution >= 0.6 is 0 Å². The Morgan fingerprint density at radius 3 is 2.21 bits per heavy atom. The van der Waals surface area contributed by atoms with E-state index in [-0.39, 0.29) is 16.9 Å². The SMILES string of the molecule is N#Cc1c(F)cccc1Nc1cc(F)c(F)cc1F. The molecule has 2 aromatic rings. The molecule has 0 amide bonds. The van der Waals surface area contributed by atoms with Crippen molar-refractivity contribution in [3.05, 3.63) is 59.2 Å². The van der Waals surface area contributed by atoms with E-state index in [9.17, 15) is 17.6 Å². The fourth-order valence-corrected chi connectivity index (χ4v) is 1.51. The molecule has 0 aliphatic carbocycles. The van der Waals surface area contributed by atoms with Crippen LogP contribution in [0.1, 0.15) is 5.56 Å². The number of nitrogens with zero attached hydrogens (tertiary/aromatic N) is 1. The van der Waals surface area contributed by atoms with E-state index in [4.69, 9.17) is 5.26 Å². The lowest BCUT2D eigenvalue weighted by Gasteiger charge is -2.10. The van der Waals surface area contributed by atoms with Gasteiger partial charge in [-0.05, 0) is 12.1 Å². The van der Waals surface area contributed by atoms with Crippen LogP contribution < -0.4 is 5.32 Å². The number of anilines is 2. The second-order valence-corrected chi connectivity index (χ2v) is 3.65. The molecule has 0 aliphatic heterocycles. The Labute approximate surface area is 105 Å². The van der Waals surface area contributed by atoms with Gasteiger partial charge in [0.1, 0.15) is 23.3 Å². The average molecular weight is 266 g/mol. The summed E-state index contributed by atoms with van der Waals surface area (Å²) in [4.78, 5) is 0. The molecule has 0 unspecified atom stereocenters. The second kappa shape index (κ2) is 4.98. The number of hydrogen-bond donors (Lipinski definition) is 1. The molecule has 0 saturated heterocycles. The molecular weight excluding hydrogens is 260 g/mol. The Balaban J connectivity index is 2.45. The molecule has 0 bridgehead atoms. The maximum atomic E-state index is 13.4. The highest BCUT2D eigenvalue weighted by molar-refractivity contribution is 5.67. The van der Waals surface area contributed by atoms with Gasteiger partial charge in [0.25, 0.3) is 0 Å². The van der Waals surface area contributed by atoms with Crippen LogP contribution in [0.25, 0.3) is 0 Å². The third-order valence-electron chi connectivity index (χ3n) is 2.40. The number of nitrogens with one attached hydrogen (secondary N) is 1. The molecule has 0 atom stereocenters. The summed E-state index contributed by atoms with van der Waals surface area (Å²) in [5.41, 5.74) is -0.764. The largest absolute Gasteiger partial charge is 0.352 e. The van der Waals surface area contributed by atoms with E-state index >= 15 is 0 Å². The van der Waals surface area contributed by atoms with E-state index in [0.717, 1.165) is 6.07 Å². The van der Waals surface area contributed by atoms with Gasteiger partial charge in [0.15, 0.2) is 11.6 Å². The molecule has 0 aliphatic rings. The summed E-state index contributed by atoms with van der Waals surface area (Å²) < 4.78 is 52.5. The Morgan fingerprint density at radius 2 is 1.53 bits per heavy atom. The normalized spacial score (nSPS) is 10.1. The highest BCUT2D eigenvalue weighted by Gasteiger charge is 2.13. The molecule has 6 heteroatoms. The Hall–Kier alpha value is -2.55. The molecule has 0 radical (unpaired) electrons. The fourth-order valence-electron chi connectivity index (χ4n) is 1.51. The summed E-state index contributed by atoms with van der Waals surface area (Å²) in [5, 5.41) is 11.1. The molecule has 0 aromatic heterocycles. The summed E-state index contributed by atoms with van der Waals surface area (Å²) >= 11 is 0. The van der Waals surface area contributed by atoms with Gasteiger partial charge in [0.2, 0.25) is 0 Å². The minimum Gasteiger partial charge on any atom is -0.352 e. The van der Waals surface area contributed by atoms with Crippen LogP contribution in [0, 0.1) is 34.6 Å². The number of nitriles is 1. The second-order valence-electron chi connectivity index (χ2n) is 3.65. The van der Waals surface area contributed by atoms with Crippen LogP contribution in [0.15, 0.2) is 30.3 Å². The van der Waals surface area contributed by atoms with E-state index in [1.54, 1.807) is 6.07 Å². The predicted octanol–water partition coefficient (Wildman–Crippen LogP) is 3.86. The highest BCUT2D eigenvalue weighted by Crippen LogP contribution is 2.26. The summed E-state index contributed by atoms with van der Waals surface area (Å²) in [6.07, 6.45) is 0. The first kappa shape index (κ1) is 12.9. The van der Waals surface area contributed by atoms with Crippen LogP contribution in [0.2, 0.25) is 0 Å². The summed E-state index contributed by atoms with van der Waals surface area (Å²) in [6, 6.07) is 6.24. The van der Waals surface area contributed by atoms with E-state index in [2.05, 4.69) is 5.32 Å². The molecule has 0 fully saturated rings. The van der Waals surface area contributed by atoms with Crippen molar-refractivity contribution in [1.29, 1.82) is 5.26 Å². The van der Waals surface area contributed by atoms with Gasteiger partial charge in [-0.15, -0.1) is 0 Å². The lowest BCUT2D eigenvalue weighted by atomic mass is 10.1. The van der Waals surface area contributed by atoms with Crippen molar-refractivity contribution in [2.45, 2.75) is 0 Å². The zero-order chi connectivity index (χ0) is 14.0.